The van der Waals surface area contributed by atoms with Crippen LogP contribution in [0.5, 0.6) is 0 Å². The van der Waals surface area contributed by atoms with Gasteiger partial charge in [-0.05, 0) is 96.4 Å². The summed E-state index contributed by atoms with van der Waals surface area (Å²) in [6, 6.07) is 65.3. The first-order valence-corrected chi connectivity index (χ1v) is 17.8. The van der Waals surface area contributed by atoms with E-state index in [4.69, 9.17) is 8.83 Å². The van der Waals surface area contributed by atoms with E-state index >= 15 is 0 Å². The number of fused-ring (bicyclic) bond motifs is 9. The summed E-state index contributed by atoms with van der Waals surface area (Å²) in [5, 5.41) is 9.32. The van der Waals surface area contributed by atoms with Gasteiger partial charge >= 0.3 is 0 Å². The zero-order chi connectivity index (χ0) is 34.2. The van der Waals surface area contributed by atoms with Crippen LogP contribution in [0, 0.1) is 0 Å². The molecule has 0 unspecified atom stereocenters. The molecule has 11 rings (SSSR count). The Balaban J connectivity index is 1.05. The lowest BCUT2D eigenvalue weighted by molar-refractivity contribution is 0.633. The average molecular weight is 663 g/mol. The first kappa shape index (κ1) is 28.9. The molecule has 0 aliphatic carbocycles. The van der Waals surface area contributed by atoms with Gasteiger partial charge < -0.3 is 8.83 Å². The minimum absolute atomic E-state index is 0.796. The van der Waals surface area contributed by atoms with Crippen LogP contribution in [0.4, 0.5) is 0 Å². The second-order valence-electron chi connectivity index (χ2n) is 13.6. The predicted octanol–water partition coefficient (Wildman–Crippen LogP) is 14.5. The molecule has 52 heavy (non-hydrogen) atoms. The Morgan fingerprint density at radius 3 is 1.40 bits per heavy atom. The van der Waals surface area contributed by atoms with E-state index in [0.29, 0.717) is 0 Å². The van der Waals surface area contributed by atoms with E-state index in [1.807, 2.05) is 18.2 Å². The van der Waals surface area contributed by atoms with Crippen LogP contribution >= 0.6 is 0 Å². The minimum atomic E-state index is 0.796. The van der Waals surface area contributed by atoms with Gasteiger partial charge in [0.05, 0.1) is 0 Å². The summed E-state index contributed by atoms with van der Waals surface area (Å²) >= 11 is 0. The van der Waals surface area contributed by atoms with Crippen molar-refractivity contribution in [2.24, 2.45) is 0 Å². The predicted molar refractivity (Wildman–Crippen MR) is 218 cm³/mol. The van der Waals surface area contributed by atoms with Crippen molar-refractivity contribution in [1.29, 1.82) is 0 Å². The molecule has 0 fully saturated rings. The molecule has 0 atom stereocenters. The van der Waals surface area contributed by atoms with Gasteiger partial charge in [0.1, 0.15) is 11.2 Å². The van der Waals surface area contributed by atoms with Gasteiger partial charge in [-0.2, -0.15) is 0 Å². The highest BCUT2D eigenvalue weighted by molar-refractivity contribution is 6.23. The van der Waals surface area contributed by atoms with E-state index < -0.39 is 0 Å². The zero-order valence-electron chi connectivity index (χ0n) is 28.1. The molecule has 2 aromatic heterocycles. The summed E-state index contributed by atoms with van der Waals surface area (Å²) in [5.41, 5.74) is 13.0. The number of benzene rings is 9. The topological polar surface area (TPSA) is 26.3 Å². The number of para-hydroxylation sites is 1. The summed E-state index contributed by atoms with van der Waals surface area (Å²) in [4.78, 5) is 0. The minimum Gasteiger partial charge on any atom is -0.452 e. The third-order valence-electron chi connectivity index (χ3n) is 10.7. The molecule has 0 bridgehead atoms. The number of rotatable bonds is 4. The summed E-state index contributed by atoms with van der Waals surface area (Å²) < 4.78 is 12.7. The molecule has 0 saturated heterocycles. The van der Waals surface area contributed by atoms with Gasteiger partial charge in [-0.1, -0.05) is 152 Å². The van der Waals surface area contributed by atoms with Crippen LogP contribution in [0.2, 0.25) is 0 Å². The van der Waals surface area contributed by atoms with E-state index in [0.717, 1.165) is 55.0 Å². The fourth-order valence-corrected chi connectivity index (χ4v) is 8.33. The Morgan fingerprint density at radius 1 is 0.250 bits per heavy atom. The molecule has 0 saturated carbocycles. The molecule has 2 heteroatoms. The average Bonchev–Trinajstić information content (AvgIpc) is 3.79. The van der Waals surface area contributed by atoms with Gasteiger partial charge in [-0.25, -0.2) is 0 Å². The van der Waals surface area contributed by atoms with E-state index in [2.05, 4.69) is 164 Å². The standard InChI is InChI=1S/C50H30O2/c1-2-12-32(13-3-1)35-14-4-5-16-37(35)48-40-19-8-6-17-38(40)47(39-18-7-9-20-41(39)48)33-24-22-31(23-25-33)34-26-29-46-44(30-34)43-28-27-42-36-15-10-11-21-45(36)51-49(42)50(43)52-46/h1-30H. The molecule has 0 amide bonds. The largest absolute Gasteiger partial charge is 0.452 e. The van der Waals surface area contributed by atoms with Crippen LogP contribution in [0.3, 0.4) is 0 Å². The SMILES string of the molecule is c1ccc(-c2ccccc2-c2c3ccccc3c(-c3ccc(-c4ccc5oc6c(ccc7c8ccccc8oc76)c5c4)cc3)c3ccccc23)cc1. The van der Waals surface area contributed by atoms with Crippen LogP contribution in [-0.2, 0) is 0 Å². The first-order chi connectivity index (χ1) is 25.8. The first-order valence-electron chi connectivity index (χ1n) is 17.8. The molecule has 0 aliphatic rings. The highest BCUT2D eigenvalue weighted by Gasteiger charge is 2.20. The maximum atomic E-state index is 6.43. The van der Waals surface area contributed by atoms with Crippen molar-refractivity contribution < 1.29 is 8.83 Å². The maximum absolute atomic E-state index is 6.43. The monoisotopic (exact) mass is 662 g/mol. The lowest BCUT2D eigenvalue weighted by atomic mass is 9.83. The Morgan fingerprint density at radius 2 is 0.731 bits per heavy atom. The molecule has 2 heterocycles. The van der Waals surface area contributed by atoms with E-state index in [9.17, 15) is 0 Å². The lowest BCUT2D eigenvalue weighted by Crippen LogP contribution is -1.92. The summed E-state index contributed by atoms with van der Waals surface area (Å²) in [6.45, 7) is 0. The van der Waals surface area contributed by atoms with Crippen molar-refractivity contribution in [3.63, 3.8) is 0 Å². The van der Waals surface area contributed by atoms with Crippen molar-refractivity contribution in [3.8, 4) is 44.5 Å². The van der Waals surface area contributed by atoms with Gasteiger partial charge in [0, 0.05) is 21.5 Å². The molecule has 2 nitrogen and oxygen atoms in total. The van der Waals surface area contributed by atoms with Crippen molar-refractivity contribution in [3.05, 3.63) is 182 Å². The van der Waals surface area contributed by atoms with Crippen molar-refractivity contribution in [1.82, 2.24) is 0 Å². The molecular weight excluding hydrogens is 633 g/mol. The molecular formula is C50H30O2. The third-order valence-corrected chi connectivity index (χ3v) is 10.7. The summed E-state index contributed by atoms with van der Waals surface area (Å²) in [6.07, 6.45) is 0. The van der Waals surface area contributed by atoms with Crippen LogP contribution in [0.1, 0.15) is 0 Å². The Hall–Kier alpha value is -6.90. The lowest BCUT2D eigenvalue weighted by Gasteiger charge is -2.19. The highest BCUT2D eigenvalue weighted by Crippen LogP contribution is 2.46. The Bertz CT molecular complexity index is 3100. The van der Waals surface area contributed by atoms with Crippen molar-refractivity contribution in [2.75, 3.05) is 0 Å². The molecule has 242 valence electrons. The van der Waals surface area contributed by atoms with Crippen molar-refractivity contribution in [2.45, 2.75) is 0 Å². The van der Waals surface area contributed by atoms with Gasteiger partial charge in [-0.15, -0.1) is 0 Å². The quantitative estimate of drug-likeness (QED) is 0.175. The summed E-state index contributed by atoms with van der Waals surface area (Å²) in [5.74, 6) is 0. The summed E-state index contributed by atoms with van der Waals surface area (Å²) in [7, 11) is 0. The molecule has 11 aromatic rings. The molecule has 0 radical (unpaired) electrons. The molecule has 0 aliphatic heterocycles. The molecule has 0 spiro atoms. The zero-order valence-corrected chi connectivity index (χ0v) is 28.1. The second-order valence-corrected chi connectivity index (χ2v) is 13.6. The normalized spacial score (nSPS) is 11.8. The van der Waals surface area contributed by atoms with Crippen LogP contribution in [0.25, 0.3) is 110 Å². The van der Waals surface area contributed by atoms with E-state index in [-0.39, 0.29) is 0 Å². The Labute approximate surface area is 299 Å². The third kappa shape index (κ3) is 4.31. The van der Waals surface area contributed by atoms with Gasteiger partial charge in [0.25, 0.3) is 0 Å². The van der Waals surface area contributed by atoms with E-state index in [1.54, 1.807) is 0 Å². The Kier molecular flexibility index (Phi) is 6.28. The molecule has 0 N–H and O–H groups in total. The fourth-order valence-electron chi connectivity index (χ4n) is 8.33. The van der Waals surface area contributed by atoms with Crippen LogP contribution < -0.4 is 0 Å². The van der Waals surface area contributed by atoms with Crippen LogP contribution in [0.15, 0.2) is 191 Å². The van der Waals surface area contributed by atoms with Gasteiger partial charge in [0.2, 0.25) is 0 Å². The second kappa shape index (κ2) is 11.3. The smallest absolute Gasteiger partial charge is 0.178 e. The number of furan rings is 2. The highest BCUT2D eigenvalue weighted by atomic mass is 16.4. The van der Waals surface area contributed by atoms with E-state index in [1.165, 1.54) is 54.9 Å². The van der Waals surface area contributed by atoms with Gasteiger partial charge in [0.15, 0.2) is 11.2 Å². The van der Waals surface area contributed by atoms with Crippen LogP contribution in [-0.4, -0.2) is 0 Å². The molecule has 9 aromatic carbocycles. The fraction of sp³-hybridized carbons (Fsp3) is 0. The van der Waals surface area contributed by atoms with Gasteiger partial charge in [-0.3, -0.25) is 0 Å². The number of hydrogen-bond donors (Lipinski definition) is 0. The van der Waals surface area contributed by atoms with Crippen molar-refractivity contribution >= 4 is 65.4 Å². The number of hydrogen-bond acceptors (Lipinski definition) is 2. The maximum Gasteiger partial charge on any atom is 0.178 e.